The van der Waals surface area contributed by atoms with Crippen LogP contribution in [0.5, 0.6) is 0 Å². The minimum Gasteiger partial charge on any atom is -0.462 e. The van der Waals surface area contributed by atoms with E-state index in [0.29, 0.717) is 18.6 Å². The Morgan fingerprint density at radius 3 is 2.21 bits per heavy atom. The Hall–Kier alpha value is -0.270. The van der Waals surface area contributed by atoms with Crippen LogP contribution in [-0.2, 0) is 9.53 Å². The van der Waals surface area contributed by atoms with Crippen LogP contribution in [-0.4, -0.2) is 23.2 Å². The molecule has 0 aliphatic rings. The second-order valence-corrected chi connectivity index (χ2v) is 5.11. The van der Waals surface area contributed by atoms with E-state index in [4.69, 9.17) is 4.74 Å². The van der Waals surface area contributed by atoms with E-state index < -0.39 is 12.6 Å². The number of alkyl halides is 4. The lowest BCUT2D eigenvalue weighted by molar-refractivity contribution is -0.139. The Balaban J connectivity index is 0. The number of hydrogen-bond acceptors (Lipinski definition) is 2. The highest BCUT2D eigenvalue weighted by atomic mass is 127. The molecule has 6 heteroatoms. The summed E-state index contributed by atoms with van der Waals surface area (Å²) < 4.78 is 39.7. The highest BCUT2D eigenvalue weighted by molar-refractivity contribution is 14.1. The third kappa shape index (κ3) is 20.2. The summed E-state index contributed by atoms with van der Waals surface area (Å²) in [5.74, 6) is -0.284. The zero-order chi connectivity index (χ0) is 15.3. The Bertz CT molecular complexity index is 253. The maximum absolute atomic E-state index is 11.4. The summed E-state index contributed by atoms with van der Waals surface area (Å²) in [6.07, 6.45) is -1.67. The molecule has 19 heavy (non-hydrogen) atoms. The van der Waals surface area contributed by atoms with Gasteiger partial charge in [-0.1, -0.05) is 42.5 Å². The summed E-state index contributed by atoms with van der Waals surface area (Å²) in [4.78, 5) is 10.7. The zero-order valence-electron chi connectivity index (χ0n) is 11.5. The van der Waals surface area contributed by atoms with Crippen molar-refractivity contribution in [1.29, 1.82) is 0 Å². The number of rotatable bonds is 7. The minimum absolute atomic E-state index is 0.270. The zero-order valence-corrected chi connectivity index (χ0v) is 13.6. The quantitative estimate of drug-likeness (QED) is 0.198. The average molecular weight is 394 g/mol. The summed E-state index contributed by atoms with van der Waals surface area (Å²) in [5, 5.41) is 0. The number of carbonyl (C=O) groups is 1. The van der Waals surface area contributed by atoms with Gasteiger partial charge in [0, 0.05) is 12.0 Å². The van der Waals surface area contributed by atoms with Crippen LogP contribution in [0.4, 0.5) is 13.2 Å². The summed E-state index contributed by atoms with van der Waals surface area (Å²) >= 11 is 2.07. The van der Waals surface area contributed by atoms with E-state index in [-0.39, 0.29) is 12.4 Å². The molecular weight excluding hydrogens is 372 g/mol. The SMILES string of the molecule is C=C(C)C(=O)OCCCC.FC(F)(F)CCCCI. The number of carbonyl (C=O) groups excluding carboxylic acids is 1. The molecule has 0 bridgehead atoms. The van der Waals surface area contributed by atoms with Crippen molar-refractivity contribution in [3.8, 4) is 0 Å². The van der Waals surface area contributed by atoms with Crippen LogP contribution in [0.3, 0.4) is 0 Å². The normalized spacial score (nSPS) is 10.4. The number of esters is 1. The number of halogens is 4. The summed E-state index contributed by atoms with van der Waals surface area (Å²) in [6.45, 7) is 7.67. The topological polar surface area (TPSA) is 26.3 Å². The fourth-order valence-electron chi connectivity index (χ4n) is 0.852. The first-order chi connectivity index (χ1) is 8.74. The standard InChI is InChI=1S/C8H14O2.C5H8F3I/c1-4-5-6-10-8(9)7(2)3;6-5(7,8)3-1-2-4-9/h2,4-6H2,1,3H3;1-4H2. The summed E-state index contributed by atoms with van der Waals surface area (Å²) in [7, 11) is 0. The molecule has 0 saturated heterocycles. The first-order valence-corrected chi connectivity index (χ1v) is 7.72. The second-order valence-electron chi connectivity index (χ2n) is 4.03. The van der Waals surface area contributed by atoms with Crippen molar-refractivity contribution in [2.24, 2.45) is 0 Å². The molecule has 2 nitrogen and oxygen atoms in total. The minimum atomic E-state index is -3.95. The molecule has 0 fully saturated rings. The molecule has 0 unspecified atom stereocenters. The smallest absolute Gasteiger partial charge is 0.389 e. The lowest BCUT2D eigenvalue weighted by Gasteiger charge is -2.02. The van der Waals surface area contributed by atoms with Gasteiger partial charge in [-0.2, -0.15) is 13.2 Å². The van der Waals surface area contributed by atoms with Crippen LogP contribution in [0.25, 0.3) is 0 Å². The van der Waals surface area contributed by atoms with Crippen LogP contribution < -0.4 is 0 Å². The van der Waals surface area contributed by atoms with Gasteiger partial charge in [0.1, 0.15) is 0 Å². The van der Waals surface area contributed by atoms with Gasteiger partial charge in [-0.15, -0.1) is 0 Å². The molecule has 0 amide bonds. The molecule has 0 aliphatic heterocycles. The highest BCUT2D eigenvalue weighted by Gasteiger charge is 2.25. The van der Waals surface area contributed by atoms with Gasteiger partial charge in [0.05, 0.1) is 6.61 Å². The van der Waals surface area contributed by atoms with Gasteiger partial charge in [-0.25, -0.2) is 4.79 Å². The van der Waals surface area contributed by atoms with Gasteiger partial charge >= 0.3 is 12.1 Å². The predicted octanol–water partition coefficient (Wildman–Crippen LogP) is 5.06. The molecule has 0 radical (unpaired) electrons. The Kier molecular flexibility index (Phi) is 14.1. The maximum atomic E-state index is 11.4. The van der Waals surface area contributed by atoms with E-state index in [0.717, 1.165) is 17.3 Å². The number of hydrogen-bond donors (Lipinski definition) is 0. The van der Waals surface area contributed by atoms with Crippen molar-refractivity contribution in [2.45, 2.75) is 52.1 Å². The van der Waals surface area contributed by atoms with Gasteiger partial charge in [0.2, 0.25) is 0 Å². The molecule has 0 aromatic rings. The van der Waals surface area contributed by atoms with Crippen molar-refractivity contribution >= 4 is 28.6 Å². The van der Waals surface area contributed by atoms with Crippen LogP contribution >= 0.6 is 22.6 Å². The van der Waals surface area contributed by atoms with Gasteiger partial charge in [0.15, 0.2) is 0 Å². The summed E-state index contributed by atoms with van der Waals surface area (Å²) in [5.41, 5.74) is 0.469. The van der Waals surface area contributed by atoms with Crippen molar-refractivity contribution in [3.63, 3.8) is 0 Å². The molecule has 0 rings (SSSR count). The first-order valence-electron chi connectivity index (χ1n) is 6.20. The average Bonchev–Trinajstić information content (AvgIpc) is 2.28. The maximum Gasteiger partial charge on any atom is 0.389 e. The second kappa shape index (κ2) is 12.7. The Morgan fingerprint density at radius 2 is 1.84 bits per heavy atom. The van der Waals surface area contributed by atoms with E-state index in [1.807, 2.05) is 0 Å². The van der Waals surface area contributed by atoms with Crippen LogP contribution in [0.1, 0.15) is 46.0 Å². The van der Waals surface area contributed by atoms with Crippen molar-refractivity contribution in [2.75, 3.05) is 11.0 Å². The molecule has 0 heterocycles. The first kappa shape index (κ1) is 21.0. The van der Waals surface area contributed by atoms with E-state index in [1.165, 1.54) is 0 Å². The Labute approximate surface area is 126 Å². The third-order valence-electron chi connectivity index (χ3n) is 1.92. The van der Waals surface area contributed by atoms with E-state index in [9.17, 15) is 18.0 Å². The fraction of sp³-hybridized carbons (Fsp3) is 0.769. The summed E-state index contributed by atoms with van der Waals surface area (Å²) in [6, 6.07) is 0. The molecule has 0 aliphatic carbocycles. The Morgan fingerprint density at radius 1 is 1.26 bits per heavy atom. The molecule has 0 N–H and O–H groups in total. The van der Waals surface area contributed by atoms with Crippen LogP contribution in [0, 0.1) is 0 Å². The molecule has 0 aromatic heterocycles. The van der Waals surface area contributed by atoms with Gasteiger partial charge in [0.25, 0.3) is 0 Å². The molecule has 114 valence electrons. The van der Waals surface area contributed by atoms with E-state index >= 15 is 0 Å². The van der Waals surface area contributed by atoms with Gasteiger partial charge in [-0.05, 0) is 30.6 Å². The van der Waals surface area contributed by atoms with E-state index in [1.54, 1.807) is 6.92 Å². The van der Waals surface area contributed by atoms with Gasteiger partial charge in [-0.3, -0.25) is 0 Å². The van der Waals surface area contributed by atoms with E-state index in [2.05, 4.69) is 36.1 Å². The molecular formula is C13H22F3IO2. The van der Waals surface area contributed by atoms with Gasteiger partial charge < -0.3 is 4.74 Å². The largest absolute Gasteiger partial charge is 0.462 e. The van der Waals surface area contributed by atoms with Crippen molar-refractivity contribution in [3.05, 3.63) is 12.2 Å². The molecule has 0 aromatic carbocycles. The number of unbranched alkanes of at least 4 members (excludes halogenated alkanes) is 2. The van der Waals surface area contributed by atoms with Crippen molar-refractivity contribution < 1.29 is 22.7 Å². The van der Waals surface area contributed by atoms with Crippen LogP contribution in [0.2, 0.25) is 0 Å². The highest BCUT2D eigenvalue weighted by Crippen LogP contribution is 2.22. The monoisotopic (exact) mass is 394 g/mol. The number of ether oxygens (including phenoxy) is 1. The molecule has 0 atom stereocenters. The predicted molar refractivity (Wildman–Crippen MR) is 79.5 cm³/mol. The molecule has 0 saturated carbocycles. The lowest BCUT2D eigenvalue weighted by atomic mass is 10.2. The van der Waals surface area contributed by atoms with Crippen molar-refractivity contribution in [1.82, 2.24) is 0 Å². The molecule has 0 spiro atoms. The van der Waals surface area contributed by atoms with Crippen LogP contribution in [0.15, 0.2) is 12.2 Å². The fourth-order valence-corrected chi connectivity index (χ4v) is 1.39. The lowest BCUT2D eigenvalue weighted by Crippen LogP contribution is -2.06. The third-order valence-corrected chi connectivity index (χ3v) is 2.69.